The monoisotopic (exact) mass is 411 g/mol. The molecule has 9 heteroatoms. The van der Waals surface area contributed by atoms with E-state index in [0.29, 0.717) is 10.8 Å². The third-order valence-electron chi connectivity index (χ3n) is 5.07. The van der Waals surface area contributed by atoms with Crippen molar-refractivity contribution in [3.8, 4) is 0 Å². The van der Waals surface area contributed by atoms with Gasteiger partial charge in [0.2, 0.25) is 0 Å². The standard InChI is InChI=1S/C20H18ClN5O3/c1-11(23-29)17-22-18-16(24(17)2)19(27)26(20(28)25(18)3)10-12-7-8-14-13(9-12)5-4-6-15(14)21/h4-9,29H,10H2,1-3H3. The lowest BCUT2D eigenvalue weighted by molar-refractivity contribution is 0.318. The van der Waals surface area contributed by atoms with Crippen molar-refractivity contribution in [1.29, 1.82) is 0 Å². The summed E-state index contributed by atoms with van der Waals surface area (Å²) in [6, 6.07) is 11.2. The van der Waals surface area contributed by atoms with E-state index in [1.165, 1.54) is 13.7 Å². The van der Waals surface area contributed by atoms with Crippen LogP contribution in [0.25, 0.3) is 21.9 Å². The van der Waals surface area contributed by atoms with Gasteiger partial charge in [0, 0.05) is 24.5 Å². The van der Waals surface area contributed by atoms with Crippen molar-refractivity contribution in [2.24, 2.45) is 19.3 Å². The first-order chi connectivity index (χ1) is 13.8. The van der Waals surface area contributed by atoms with Gasteiger partial charge in [0.1, 0.15) is 5.71 Å². The molecule has 1 N–H and O–H groups in total. The van der Waals surface area contributed by atoms with E-state index < -0.39 is 11.2 Å². The fourth-order valence-corrected chi connectivity index (χ4v) is 3.77. The van der Waals surface area contributed by atoms with Gasteiger partial charge in [-0.3, -0.25) is 13.9 Å². The predicted molar refractivity (Wildman–Crippen MR) is 112 cm³/mol. The molecule has 8 nitrogen and oxygen atoms in total. The number of aromatic nitrogens is 4. The number of hydrogen-bond acceptors (Lipinski definition) is 5. The summed E-state index contributed by atoms with van der Waals surface area (Å²) in [6.07, 6.45) is 0. The Morgan fingerprint density at radius 3 is 2.66 bits per heavy atom. The largest absolute Gasteiger partial charge is 0.411 e. The van der Waals surface area contributed by atoms with Gasteiger partial charge in [0.05, 0.1) is 6.54 Å². The van der Waals surface area contributed by atoms with Crippen molar-refractivity contribution in [2.75, 3.05) is 0 Å². The second-order valence-electron chi connectivity index (χ2n) is 6.88. The first-order valence-electron chi connectivity index (χ1n) is 8.86. The highest BCUT2D eigenvalue weighted by atomic mass is 35.5. The quantitative estimate of drug-likeness (QED) is 0.318. The zero-order valence-electron chi connectivity index (χ0n) is 16.0. The summed E-state index contributed by atoms with van der Waals surface area (Å²) in [5.74, 6) is 0.313. The Hall–Kier alpha value is -3.39. The van der Waals surface area contributed by atoms with Crippen LogP contribution < -0.4 is 11.2 Å². The van der Waals surface area contributed by atoms with E-state index in [2.05, 4.69) is 10.1 Å². The predicted octanol–water partition coefficient (Wildman–Crippen LogP) is 2.49. The molecule has 0 saturated carbocycles. The van der Waals surface area contributed by atoms with E-state index >= 15 is 0 Å². The maximum absolute atomic E-state index is 13.1. The van der Waals surface area contributed by atoms with Crippen LogP contribution in [0.4, 0.5) is 0 Å². The van der Waals surface area contributed by atoms with Crippen LogP contribution in [-0.2, 0) is 20.6 Å². The number of oxime groups is 1. The number of imidazole rings is 1. The maximum Gasteiger partial charge on any atom is 0.332 e. The molecule has 0 bridgehead atoms. The Labute approximate surface area is 169 Å². The summed E-state index contributed by atoms with van der Waals surface area (Å²) in [7, 11) is 3.20. The van der Waals surface area contributed by atoms with Crippen LogP contribution in [0.5, 0.6) is 0 Å². The Morgan fingerprint density at radius 2 is 1.93 bits per heavy atom. The van der Waals surface area contributed by atoms with Crippen molar-refractivity contribution in [3.05, 3.63) is 73.6 Å². The van der Waals surface area contributed by atoms with Crippen LogP contribution in [0.3, 0.4) is 0 Å². The molecule has 148 valence electrons. The van der Waals surface area contributed by atoms with Crippen LogP contribution in [0.15, 0.2) is 51.1 Å². The normalized spacial score (nSPS) is 12.2. The number of benzene rings is 2. The smallest absolute Gasteiger partial charge is 0.332 e. The van der Waals surface area contributed by atoms with Crippen LogP contribution in [-0.4, -0.2) is 29.6 Å². The summed E-state index contributed by atoms with van der Waals surface area (Å²) in [5, 5.41) is 14.7. The molecule has 29 heavy (non-hydrogen) atoms. The minimum absolute atomic E-state index is 0.109. The number of rotatable bonds is 3. The lowest BCUT2D eigenvalue weighted by atomic mass is 10.1. The first kappa shape index (κ1) is 18.9. The number of nitrogens with zero attached hydrogens (tertiary/aromatic N) is 5. The van der Waals surface area contributed by atoms with Crippen molar-refractivity contribution >= 4 is 39.2 Å². The average molecular weight is 412 g/mol. The van der Waals surface area contributed by atoms with Gasteiger partial charge in [-0.1, -0.05) is 41.0 Å². The molecule has 0 fully saturated rings. The van der Waals surface area contributed by atoms with Crippen molar-refractivity contribution in [1.82, 2.24) is 18.7 Å². The molecule has 2 aromatic carbocycles. The molecule has 0 aliphatic carbocycles. The van der Waals surface area contributed by atoms with Crippen molar-refractivity contribution < 1.29 is 5.21 Å². The highest BCUT2D eigenvalue weighted by molar-refractivity contribution is 6.35. The topological polar surface area (TPSA) is 94.4 Å². The first-order valence-corrected chi connectivity index (χ1v) is 9.23. The molecule has 0 spiro atoms. The summed E-state index contributed by atoms with van der Waals surface area (Å²) in [4.78, 5) is 30.3. The zero-order valence-corrected chi connectivity index (χ0v) is 16.8. The van der Waals surface area contributed by atoms with E-state index in [0.717, 1.165) is 16.3 Å². The Kier molecular flexibility index (Phi) is 4.50. The lowest BCUT2D eigenvalue weighted by Crippen LogP contribution is -2.39. The molecular weight excluding hydrogens is 394 g/mol. The van der Waals surface area contributed by atoms with E-state index in [1.54, 1.807) is 21.0 Å². The minimum Gasteiger partial charge on any atom is -0.411 e. The maximum atomic E-state index is 13.1. The fraction of sp³-hybridized carbons (Fsp3) is 0.200. The second kappa shape index (κ2) is 6.89. The van der Waals surface area contributed by atoms with Gasteiger partial charge < -0.3 is 9.77 Å². The van der Waals surface area contributed by atoms with Gasteiger partial charge in [-0.25, -0.2) is 9.78 Å². The molecular formula is C20H18ClN5O3. The molecule has 0 aliphatic heterocycles. The Bertz CT molecular complexity index is 1430. The molecule has 0 amide bonds. The molecule has 0 saturated heterocycles. The average Bonchev–Trinajstić information content (AvgIpc) is 3.06. The summed E-state index contributed by atoms with van der Waals surface area (Å²) < 4.78 is 4.02. The molecule has 2 heterocycles. The fourth-order valence-electron chi connectivity index (χ4n) is 3.53. The molecule has 0 radical (unpaired) electrons. The van der Waals surface area contributed by atoms with Gasteiger partial charge in [-0.05, 0) is 30.0 Å². The lowest BCUT2D eigenvalue weighted by Gasteiger charge is -2.10. The highest BCUT2D eigenvalue weighted by Gasteiger charge is 2.20. The molecule has 4 aromatic rings. The summed E-state index contributed by atoms with van der Waals surface area (Å²) in [5.41, 5.74) is 0.608. The second-order valence-corrected chi connectivity index (χ2v) is 7.29. The zero-order chi connectivity index (χ0) is 20.9. The Morgan fingerprint density at radius 1 is 1.17 bits per heavy atom. The molecule has 4 rings (SSSR count). The number of halogens is 1. The minimum atomic E-state index is -0.475. The van der Waals surface area contributed by atoms with Gasteiger partial charge in [-0.2, -0.15) is 0 Å². The van der Waals surface area contributed by atoms with Gasteiger partial charge in [0.15, 0.2) is 17.0 Å². The van der Waals surface area contributed by atoms with Crippen LogP contribution in [0.1, 0.15) is 18.3 Å². The number of hydrogen-bond donors (Lipinski definition) is 1. The van der Waals surface area contributed by atoms with E-state index in [1.807, 2.05) is 36.4 Å². The van der Waals surface area contributed by atoms with Crippen molar-refractivity contribution in [3.63, 3.8) is 0 Å². The van der Waals surface area contributed by atoms with E-state index in [-0.39, 0.29) is 23.4 Å². The number of fused-ring (bicyclic) bond motifs is 2. The SMILES string of the molecule is CC(=NO)c1nc2c(c(=O)n(Cc3ccc4c(Cl)cccc4c3)c(=O)n2C)n1C. The van der Waals surface area contributed by atoms with Crippen LogP contribution >= 0.6 is 11.6 Å². The Balaban J connectivity index is 1.92. The highest BCUT2D eigenvalue weighted by Crippen LogP contribution is 2.24. The van der Waals surface area contributed by atoms with E-state index in [9.17, 15) is 9.59 Å². The third-order valence-corrected chi connectivity index (χ3v) is 5.40. The summed E-state index contributed by atoms with van der Waals surface area (Å²) >= 11 is 6.22. The van der Waals surface area contributed by atoms with Crippen LogP contribution in [0, 0.1) is 0 Å². The number of aryl methyl sites for hydroxylation is 2. The van der Waals surface area contributed by atoms with Crippen LogP contribution in [0.2, 0.25) is 5.02 Å². The van der Waals surface area contributed by atoms with E-state index in [4.69, 9.17) is 16.8 Å². The summed E-state index contributed by atoms with van der Waals surface area (Å²) in [6.45, 7) is 1.68. The van der Waals surface area contributed by atoms with Gasteiger partial charge in [0.25, 0.3) is 5.56 Å². The molecule has 2 aromatic heterocycles. The van der Waals surface area contributed by atoms with Crippen molar-refractivity contribution in [2.45, 2.75) is 13.5 Å². The van der Waals surface area contributed by atoms with Gasteiger partial charge >= 0.3 is 5.69 Å². The van der Waals surface area contributed by atoms with Gasteiger partial charge in [-0.15, -0.1) is 0 Å². The third kappa shape index (κ3) is 2.92. The molecule has 0 unspecified atom stereocenters. The molecule has 0 aliphatic rings. The molecule has 0 atom stereocenters.